The Balaban J connectivity index is 1.86. The topological polar surface area (TPSA) is 101 Å². The molecule has 2 saturated heterocycles. The summed E-state index contributed by atoms with van der Waals surface area (Å²) in [7, 11) is -3.79. The van der Waals surface area contributed by atoms with E-state index < -0.39 is 33.9 Å². The molecule has 2 heterocycles. The van der Waals surface area contributed by atoms with Crippen molar-refractivity contribution < 1.29 is 27.9 Å². The largest absolute Gasteiger partial charge is 0.481 e. The number of carbonyl (C=O) groups is 2. The van der Waals surface area contributed by atoms with Crippen LogP contribution in [-0.2, 0) is 30.8 Å². The van der Waals surface area contributed by atoms with Gasteiger partial charge in [0.2, 0.25) is 10.0 Å². The first kappa shape index (κ1) is 17.9. The third-order valence-electron chi connectivity index (χ3n) is 4.92. The number of benzene rings is 1. The maximum absolute atomic E-state index is 13.0. The average molecular weight is 367 g/mol. The van der Waals surface area contributed by atoms with Gasteiger partial charge in [-0.2, -0.15) is 4.31 Å². The van der Waals surface area contributed by atoms with Crippen LogP contribution in [0.3, 0.4) is 0 Å². The summed E-state index contributed by atoms with van der Waals surface area (Å²) in [4.78, 5) is 23.1. The van der Waals surface area contributed by atoms with Gasteiger partial charge in [0, 0.05) is 12.1 Å². The molecule has 3 unspecified atom stereocenters. The molecule has 25 heavy (non-hydrogen) atoms. The van der Waals surface area contributed by atoms with Crippen molar-refractivity contribution in [2.45, 2.75) is 49.6 Å². The van der Waals surface area contributed by atoms with Crippen LogP contribution < -0.4 is 0 Å². The normalized spacial score (nSPS) is 25.9. The zero-order chi connectivity index (χ0) is 18.2. The number of carboxylic acid groups (broad SMARTS) is 1. The van der Waals surface area contributed by atoms with Gasteiger partial charge in [0.1, 0.15) is 0 Å². The fourth-order valence-corrected chi connectivity index (χ4v) is 5.88. The van der Waals surface area contributed by atoms with E-state index >= 15 is 0 Å². The maximum Gasteiger partial charge on any atom is 0.310 e. The van der Waals surface area contributed by atoms with Gasteiger partial charge in [-0.1, -0.05) is 12.1 Å². The zero-order valence-electron chi connectivity index (χ0n) is 13.9. The predicted molar refractivity (Wildman–Crippen MR) is 88.4 cm³/mol. The van der Waals surface area contributed by atoms with Gasteiger partial charge in [-0.05, 0) is 43.9 Å². The van der Waals surface area contributed by atoms with Crippen LogP contribution in [0.2, 0.25) is 0 Å². The molecule has 3 atom stereocenters. The molecule has 2 aliphatic rings. The van der Waals surface area contributed by atoms with Gasteiger partial charge < -0.3 is 9.84 Å². The molecule has 2 fully saturated rings. The number of nitrogens with zero attached hydrogens (tertiary/aromatic N) is 1. The van der Waals surface area contributed by atoms with E-state index in [-0.39, 0.29) is 24.0 Å². The fourth-order valence-electron chi connectivity index (χ4n) is 3.90. The van der Waals surface area contributed by atoms with E-state index in [9.17, 15) is 23.1 Å². The highest BCUT2D eigenvalue weighted by atomic mass is 32.2. The van der Waals surface area contributed by atoms with Crippen molar-refractivity contribution in [2.75, 3.05) is 6.61 Å². The Labute approximate surface area is 146 Å². The van der Waals surface area contributed by atoms with E-state index in [2.05, 4.69) is 0 Å². The third-order valence-corrected chi connectivity index (χ3v) is 6.89. The average Bonchev–Trinajstić information content (AvgIpc) is 3.14. The second-order valence-corrected chi connectivity index (χ2v) is 8.29. The lowest BCUT2D eigenvalue weighted by atomic mass is 9.89. The Hall–Kier alpha value is -1.93. The molecule has 2 aliphatic heterocycles. The smallest absolute Gasteiger partial charge is 0.310 e. The summed E-state index contributed by atoms with van der Waals surface area (Å²) in [5, 5.41) is 9.31. The highest BCUT2D eigenvalue weighted by Gasteiger charge is 2.54. The number of hydrogen-bond donors (Lipinski definition) is 1. The summed E-state index contributed by atoms with van der Waals surface area (Å²) in [6.45, 7) is 1.98. The van der Waals surface area contributed by atoms with Crippen LogP contribution in [0.15, 0.2) is 29.2 Å². The Kier molecular flexibility index (Phi) is 4.83. The van der Waals surface area contributed by atoms with Gasteiger partial charge in [0.15, 0.2) is 0 Å². The van der Waals surface area contributed by atoms with E-state index in [0.717, 1.165) is 0 Å². The van der Waals surface area contributed by atoms with E-state index in [1.165, 1.54) is 16.4 Å². The van der Waals surface area contributed by atoms with Crippen molar-refractivity contribution >= 4 is 22.0 Å². The minimum absolute atomic E-state index is 0.00179. The van der Waals surface area contributed by atoms with Crippen molar-refractivity contribution in [2.24, 2.45) is 5.92 Å². The van der Waals surface area contributed by atoms with Gasteiger partial charge in [-0.15, -0.1) is 0 Å². The number of carboxylic acids is 1. The zero-order valence-corrected chi connectivity index (χ0v) is 14.7. The molecule has 8 heteroatoms. The number of aliphatic carboxylic acids is 1. The monoisotopic (exact) mass is 367 g/mol. The molecule has 136 valence electrons. The highest BCUT2D eigenvalue weighted by Crippen LogP contribution is 2.45. The lowest BCUT2D eigenvalue weighted by molar-refractivity contribution is -0.143. The molecular weight excluding hydrogens is 346 g/mol. The summed E-state index contributed by atoms with van der Waals surface area (Å²) >= 11 is 0. The van der Waals surface area contributed by atoms with Gasteiger partial charge in [0.05, 0.1) is 23.8 Å². The van der Waals surface area contributed by atoms with E-state index in [0.29, 0.717) is 24.8 Å². The Morgan fingerprint density at radius 3 is 2.72 bits per heavy atom. The Morgan fingerprint density at radius 2 is 2.08 bits per heavy atom. The Morgan fingerprint density at radius 1 is 1.32 bits per heavy atom. The molecule has 0 saturated carbocycles. The van der Waals surface area contributed by atoms with Gasteiger partial charge in [-0.25, -0.2) is 8.42 Å². The van der Waals surface area contributed by atoms with Crippen LogP contribution >= 0.6 is 0 Å². The summed E-state index contributed by atoms with van der Waals surface area (Å²) in [5.74, 6) is -2.00. The second kappa shape index (κ2) is 6.76. The molecule has 0 radical (unpaired) electrons. The summed E-state index contributed by atoms with van der Waals surface area (Å²) < 4.78 is 32.3. The van der Waals surface area contributed by atoms with Crippen molar-refractivity contribution in [3.05, 3.63) is 29.8 Å². The van der Waals surface area contributed by atoms with Crippen LogP contribution in [-0.4, -0.2) is 48.5 Å². The van der Waals surface area contributed by atoms with Crippen LogP contribution in [0.25, 0.3) is 0 Å². The SMILES string of the molecule is CCOC(=O)Cc1cccc(S(=O)(=O)N2C3CCC2C(C(=O)O)C3)c1. The molecule has 0 aromatic heterocycles. The lowest BCUT2D eigenvalue weighted by Crippen LogP contribution is -2.37. The maximum atomic E-state index is 13.0. The number of ether oxygens (including phenoxy) is 1. The molecular formula is C17H21NO6S. The third kappa shape index (κ3) is 3.28. The van der Waals surface area contributed by atoms with E-state index in [1.807, 2.05) is 0 Å². The number of carbonyl (C=O) groups excluding carboxylic acids is 1. The minimum Gasteiger partial charge on any atom is -0.481 e. The summed E-state index contributed by atoms with van der Waals surface area (Å²) in [5.41, 5.74) is 0.556. The predicted octanol–water partition coefficient (Wildman–Crippen LogP) is 1.42. The van der Waals surface area contributed by atoms with Crippen molar-refractivity contribution in [3.63, 3.8) is 0 Å². The number of esters is 1. The quantitative estimate of drug-likeness (QED) is 0.763. The van der Waals surface area contributed by atoms with Gasteiger partial charge >= 0.3 is 11.9 Å². The van der Waals surface area contributed by atoms with E-state index in [1.54, 1.807) is 19.1 Å². The molecule has 0 aliphatic carbocycles. The number of hydrogen-bond acceptors (Lipinski definition) is 5. The first-order chi connectivity index (χ1) is 11.8. The van der Waals surface area contributed by atoms with Crippen molar-refractivity contribution in [1.82, 2.24) is 4.31 Å². The van der Waals surface area contributed by atoms with Crippen LogP contribution in [0.1, 0.15) is 31.7 Å². The Bertz CT molecular complexity index is 790. The summed E-state index contributed by atoms with van der Waals surface area (Å²) in [6.07, 6.45) is 1.63. The van der Waals surface area contributed by atoms with Crippen molar-refractivity contribution in [3.8, 4) is 0 Å². The highest BCUT2D eigenvalue weighted by molar-refractivity contribution is 7.89. The molecule has 7 nitrogen and oxygen atoms in total. The molecule has 0 spiro atoms. The van der Waals surface area contributed by atoms with E-state index in [4.69, 9.17) is 4.74 Å². The molecule has 3 rings (SSSR count). The van der Waals surface area contributed by atoms with Crippen LogP contribution in [0.4, 0.5) is 0 Å². The molecule has 1 aromatic carbocycles. The van der Waals surface area contributed by atoms with Crippen molar-refractivity contribution in [1.29, 1.82) is 0 Å². The first-order valence-corrected chi connectivity index (χ1v) is 9.79. The summed E-state index contributed by atoms with van der Waals surface area (Å²) in [6, 6.07) is 5.48. The first-order valence-electron chi connectivity index (χ1n) is 8.35. The fraction of sp³-hybridized carbons (Fsp3) is 0.529. The molecule has 1 aromatic rings. The number of rotatable bonds is 6. The minimum atomic E-state index is -3.79. The van der Waals surface area contributed by atoms with Crippen LogP contribution in [0, 0.1) is 5.92 Å². The number of fused-ring (bicyclic) bond motifs is 2. The molecule has 0 amide bonds. The van der Waals surface area contributed by atoms with Crippen LogP contribution in [0.5, 0.6) is 0 Å². The second-order valence-electron chi connectivity index (χ2n) is 6.44. The lowest BCUT2D eigenvalue weighted by Gasteiger charge is -2.22. The standard InChI is InChI=1S/C17H21NO6S/c1-2-24-16(19)9-11-4-3-5-13(8-11)25(22,23)18-12-6-7-15(18)14(10-12)17(20)21/h3-5,8,12,14-15H,2,6-7,9-10H2,1H3,(H,20,21). The van der Waals surface area contributed by atoms with Gasteiger partial charge in [-0.3, -0.25) is 9.59 Å². The number of sulfonamides is 1. The molecule has 1 N–H and O–H groups in total. The molecule has 2 bridgehead atoms. The van der Waals surface area contributed by atoms with Gasteiger partial charge in [0.25, 0.3) is 0 Å².